The molecule has 0 aliphatic carbocycles. The van der Waals surface area contributed by atoms with Gasteiger partial charge in [0, 0.05) is 0 Å². The summed E-state index contributed by atoms with van der Waals surface area (Å²) in [7, 11) is 0. The van der Waals surface area contributed by atoms with E-state index in [2.05, 4.69) is 42.7 Å². The lowest BCUT2D eigenvalue weighted by atomic mass is 10.1. The number of ether oxygens (including phenoxy) is 1. The van der Waals surface area contributed by atoms with E-state index in [4.69, 9.17) is 4.74 Å². The quantitative estimate of drug-likeness (QED) is 0.760. The first kappa shape index (κ1) is 13.2. The maximum absolute atomic E-state index is 5.90. The molecule has 100 valence electrons. The number of rotatable bonds is 6. The second kappa shape index (κ2) is 6.64. The van der Waals surface area contributed by atoms with E-state index in [1.54, 1.807) is 0 Å². The van der Waals surface area contributed by atoms with E-state index in [1.807, 2.05) is 0 Å². The van der Waals surface area contributed by atoms with Crippen molar-refractivity contribution in [1.82, 2.24) is 5.32 Å². The van der Waals surface area contributed by atoms with Crippen molar-refractivity contribution >= 4 is 5.69 Å². The summed E-state index contributed by atoms with van der Waals surface area (Å²) in [6.07, 6.45) is 3.63. The van der Waals surface area contributed by atoms with Crippen LogP contribution < -0.4 is 15.4 Å². The molecule has 1 aromatic rings. The van der Waals surface area contributed by atoms with E-state index in [-0.39, 0.29) is 0 Å². The highest BCUT2D eigenvalue weighted by atomic mass is 16.5. The fourth-order valence-corrected chi connectivity index (χ4v) is 2.18. The van der Waals surface area contributed by atoms with Gasteiger partial charge in [-0.25, -0.2) is 0 Å². The van der Waals surface area contributed by atoms with E-state index in [0.717, 1.165) is 43.9 Å². The third-order valence-electron chi connectivity index (χ3n) is 3.33. The lowest BCUT2D eigenvalue weighted by Gasteiger charge is -2.27. The first-order valence-corrected chi connectivity index (χ1v) is 7.07. The smallest absolute Gasteiger partial charge is 0.142 e. The van der Waals surface area contributed by atoms with Crippen LogP contribution in [0.1, 0.15) is 32.3 Å². The fraction of sp³-hybridized carbons (Fsp3) is 0.600. The highest BCUT2D eigenvalue weighted by molar-refractivity contribution is 5.59. The van der Waals surface area contributed by atoms with Gasteiger partial charge in [0.2, 0.25) is 0 Å². The normalized spacial score (nSPS) is 17.8. The zero-order chi connectivity index (χ0) is 12.8. The van der Waals surface area contributed by atoms with E-state index in [1.165, 1.54) is 12.0 Å². The van der Waals surface area contributed by atoms with E-state index < -0.39 is 0 Å². The molecule has 0 saturated carbocycles. The minimum atomic E-state index is 0.314. The molecule has 1 aliphatic heterocycles. The summed E-state index contributed by atoms with van der Waals surface area (Å²) in [6.45, 7) is 7.42. The zero-order valence-electron chi connectivity index (χ0n) is 11.5. The minimum absolute atomic E-state index is 0.314. The van der Waals surface area contributed by atoms with Crippen LogP contribution in [-0.4, -0.2) is 25.7 Å². The van der Waals surface area contributed by atoms with Gasteiger partial charge in [-0.2, -0.15) is 0 Å². The molecule has 2 rings (SSSR count). The molecule has 1 atom stereocenters. The second-order valence-electron chi connectivity index (χ2n) is 4.86. The van der Waals surface area contributed by atoms with Gasteiger partial charge in [-0.1, -0.05) is 19.9 Å². The van der Waals surface area contributed by atoms with Crippen molar-refractivity contribution in [1.29, 1.82) is 0 Å². The lowest BCUT2D eigenvalue weighted by Crippen LogP contribution is -2.30. The van der Waals surface area contributed by atoms with Crippen LogP contribution in [0.3, 0.4) is 0 Å². The highest BCUT2D eigenvalue weighted by Crippen LogP contribution is 2.30. The molecule has 1 aliphatic rings. The lowest BCUT2D eigenvalue weighted by molar-refractivity contribution is 0.202. The minimum Gasteiger partial charge on any atom is -0.486 e. The molecular weight excluding hydrogens is 224 g/mol. The average molecular weight is 248 g/mol. The summed E-state index contributed by atoms with van der Waals surface area (Å²) < 4.78 is 5.90. The van der Waals surface area contributed by atoms with Crippen molar-refractivity contribution in [3.05, 3.63) is 23.8 Å². The average Bonchev–Trinajstić information content (AvgIpc) is 2.43. The van der Waals surface area contributed by atoms with Crippen LogP contribution in [0.5, 0.6) is 5.75 Å². The van der Waals surface area contributed by atoms with Crippen molar-refractivity contribution in [2.75, 3.05) is 25.0 Å². The molecular formula is C15H24N2O. The number of hydrogen-bond acceptors (Lipinski definition) is 3. The van der Waals surface area contributed by atoms with Crippen LogP contribution in [-0.2, 0) is 6.42 Å². The zero-order valence-corrected chi connectivity index (χ0v) is 11.5. The van der Waals surface area contributed by atoms with Crippen molar-refractivity contribution < 1.29 is 4.74 Å². The predicted octanol–water partition coefficient (Wildman–Crippen LogP) is 2.81. The largest absolute Gasteiger partial charge is 0.486 e. The van der Waals surface area contributed by atoms with Crippen molar-refractivity contribution in [3.63, 3.8) is 0 Å². The molecule has 0 aromatic heterocycles. The van der Waals surface area contributed by atoms with E-state index >= 15 is 0 Å². The Morgan fingerprint density at radius 3 is 3.00 bits per heavy atom. The highest BCUT2D eigenvalue weighted by Gasteiger charge is 2.17. The van der Waals surface area contributed by atoms with E-state index in [9.17, 15) is 0 Å². The van der Waals surface area contributed by atoms with Gasteiger partial charge >= 0.3 is 0 Å². The Balaban J connectivity index is 1.92. The number of nitrogens with one attached hydrogen (secondary N) is 2. The maximum Gasteiger partial charge on any atom is 0.142 e. The third kappa shape index (κ3) is 3.39. The second-order valence-corrected chi connectivity index (χ2v) is 4.86. The summed E-state index contributed by atoms with van der Waals surface area (Å²) in [5.74, 6) is 0.998. The SMILES string of the molecule is CCCNCCc1ccc2c(c1)NCC(CC)O2. The van der Waals surface area contributed by atoms with Gasteiger partial charge in [0.05, 0.1) is 12.2 Å². The number of hydrogen-bond donors (Lipinski definition) is 2. The summed E-state index contributed by atoms with van der Waals surface area (Å²) in [6, 6.07) is 6.49. The Hall–Kier alpha value is -1.22. The number of anilines is 1. The predicted molar refractivity (Wildman–Crippen MR) is 76.5 cm³/mol. The summed E-state index contributed by atoms with van der Waals surface area (Å²) in [5, 5.41) is 6.89. The summed E-state index contributed by atoms with van der Waals surface area (Å²) >= 11 is 0. The van der Waals surface area contributed by atoms with Gasteiger partial charge in [0.1, 0.15) is 11.9 Å². The molecule has 0 radical (unpaired) electrons. The van der Waals surface area contributed by atoms with Gasteiger partial charge in [-0.05, 0) is 50.0 Å². The van der Waals surface area contributed by atoms with Crippen LogP contribution in [0.25, 0.3) is 0 Å². The molecule has 1 aromatic carbocycles. The Morgan fingerprint density at radius 1 is 1.33 bits per heavy atom. The third-order valence-corrected chi connectivity index (χ3v) is 3.33. The number of benzene rings is 1. The molecule has 3 nitrogen and oxygen atoms in total. The van der Waals surface area contributed by atoms with Crippen LogP contribution in [0, 0.1) is 0 Å². The first-order chi connectivity index (χ1) is 8.83. The van der Waals surface area contributed by atoms with Crippen LogP contribution >= 0.6 is 0 Å². The molecule has 0 spiro atoms. The van der Waals surface area contributed by atoms with Gasteiger partial charge in [-0.15, -0.1) is 0 Å². The molecule has 1 heterocycles. The van der Waals surface area contributed by atoms with Crippen molar-refractivity contribution in [2.45, 2.75) is 39.2 Å². The standard InChI is InChI=1S/C15H24N2O/c1-3-8-16-9-7-12-5-6-15-14(10-12)17-11-13(4-2)18-15/h5-6,10,13,16-17H,3-4,7-9,11H2,1-2H3. The molecule has 1 unspecified atom stereocenters. The number of fused-ring (bicyclic) bond motifs is 1. The molecule has 0 fully saturated rings. The maximum atomic E-state index is 5.90. The van der Waals surface area contributed by atoms with Crippen LogP contribution in [0.4, 0.5) is 5.69 Å². The monoisotopic (exact) mass is 248 g/mol. The van der Waals surface area contributed by atoms with Crippen LogP contribution in [0.2, 0.25) is 0 Å². The Bertz CT molecular complexity index is 379. The Kier molecular flexibility index (Phi) is 4.88. The first-order valence-electron chi connectivity index (χ1n) is 7.07. The molecule has 18 heavy (non-hydrogen) atoms. The van der Waals surface area contributed by atoms with Crippen molar-refractivity contribution in [2.24, 2.45) is 0 Å². The summed E-state index contributed by atoms with van der Waals surface area (Å²) in [4.78, 5) is 0. The van der Waals surface area contributed by atoms with E-state index in [0.29, 0.717) is 6.10 Å². The Labute approximate surface area is 110 Å². The fourth-order valence-electron chi connectivity index (χ4n) is 2.18. The van der Waals surface area contributed by atoms with Gasteiger partial charge < -0.3 is 15.4 Å². The molecule has 0 amide bonds. The summed E-state index contributed by atoms with van der Waals surface area (Å²) in [5.41, 5.74) is 2.51. The van der Waals surface area contributed by atoms with Gasteiger partial charge in [-0.3, -0.25) is 0 Å². The Morgan fingerprint density at radius 2 is 2.22 bits per heavy atom. The van der Waals surface area contributed by atoms with Crippen molar-refractivity contribution in [3.8, 4) is 5.75 Å². The molecule has 0 bridgehead atoms. The molecule has 3 heteroatoms. The van der Waals surface area contributed by atoms with Gasteiger partial charge in [0.25, 0.3) is 0 Å². The topological polar surface area (TPSA) is 33.3 Å². The molecule has 2 N–H and O–H groups in total. The van der Waals surface area contributed by atoms with Gasteiger partial charge in [0.15, 0.2) is 0 Å². The molecule has 0 saturated heterocycles. The van der Waals surface area contributed by atoms with Crippen LogP contribution in [0.15, 0.2) is 18.2 Å².